The molecule has 0 spiro atoms. The zero-order valence-electron chi connectivity index (χ0n) is 25.0. The molecule has 0 N–H and O–H groups in total. The van der Waals surface area contributed by atoms with E-state index in [0.717, 1.165) is 5.56 Å². The van der Waals surface area contributed by atoms with Gasteiger partial charge in [-0.2, -0.15) is 13.4 Å². The Morgan fingerprint density at radius 1 is 0.902 bits per heavy atom. The quantitative estimate of drug-likeness (QED) is 0.297. The molecule has 1 aromatic heterocycles. The van der Waals surface area contributed by atoms with Gasteiger partial charge in [-0.3, -0.25) is 0 Å². The third kappa shape index (κ3) is 6.56. The van der Waals surface area contributed by atoms with E-state index in [2.05, 4.69) is 23.8 Å². The lowest BCUT2D eigenvalue weighted by molar-refractivity contribution is 0.0413. The Hall–Kier alpha value is -3.44. The maximum absolute atomic E-state index is 14.1. The minimum atomic E-state index is -4.34. The number of amides is 1. The van der Waals surface area contributed by atoms with Gasteiger partial charge in [-0.15, -0.1) is 0 Å². The molecule has 1 aliphatic rings. The number of carbonyl (C=O) groups is 1. The Kier molecular flexibility index (Phi) is 9.08. The highest BCUT2D eigenvalue weighted by Gasteiger charge is 2.30. The lowest BCUT2D eigenvalue weighted by Gasteiger charge is -2.26. The molecule has 0 radical (unpaired) electrons. The standard InChI is InChI=1S/C30H39N3O7S/c1-17(2)21-13-22(18(3)4)28(23(14-21)19(5)6)41(35,36)40-29-24-15-27(39-30(34)33-9-11-38-12-10-33)26(37-8)16-25(24)31-20(7)32-29/h13-19H,9-12H2,1-8H3. The van der Waals surface area contributed by atoms with Gasteiger partial charge in [0.15, 0.2) is 11.5 Å². The number of aromatic nitrogens is 2. The molecule has 3 aromatic rings. The largest absolute Gasteiger partial charge is 0.493 e. The van der Waals surface area contributed by atoms with Crippen molar-refractivity contribution >= 4 is 27.1 Å². The maximum Gasteiger partial charge on any atom is 0.415 e. The van der Waals surface area contributed by atoms with Crippen LogP contribution in [0.3, 0.4) is 0 Å². The second kappa shape index (κ2) is 12.2. The molecule has 1 amide bonds. The molecular weight excluding hydrogens is 546 g/mol. The van der Waals surface area contributed by atoms with E-state index in [4.69, 9.17) is 18.4 Å². The first-order valence-corrected chi connectivity index (χ1v) is 15.3. The lowest BCUT2D eigenvalue weighted by atomic mass is 9.89. The van der Waals surface area contributed by atoms with Gasteiger partial charge in [0.2, 0.25) is 5.88 Å². The van der Waals surface area contributed by atoms with Crippen molar-refractivity contribution in [3.63, 3.8) is 0 Å². The Bertz CT molecular complexity index is 1520. The molecule has 11 heteroatoms. The van der Waals surface area contributed by atoms with Gasteiger partial charge in [0.1, 0.15) is 10.7 Å². The number of benzene rings is 2. The summed E-state index contributed by atoms with van der Waals surface area (Å²) in [7, 11) is -2.89. The SMILES string of the molecule is COc1cc2nc(C)nc(OS(=O)(=O)c3c(C(C)C)cc(C(C)C)cc3C(C)C)c2cc1OC(=O)N1CCOCC1. The van der Waals surface area contributed by atoms with E-state index in [0.29, 0.717) is 48.8 Å². The second-order valence-electron chi connectivity index (χ2n) is 11.1. The van der Waals surface area contributed by atoms with E-state index in [1.807, 2.05) is 39.8 Å². The zero-order valence-corrected chi connectivity index (χ0v) is 25.8. The van der Waals surface area contributed by atoms with Crippen molar-refractivity contribution in [3.8, 4) is 17.4 Å². The van der Waals surface area contributed by atoms with Crippen LogP contribution in [0.2, 0.25) is 0 Å². The van der Waals surface area contributed by atoms with Crippen LogP contribution in [0.4, 0.5) is 4.79 Å². The van der Waals surface area contributed by atoms with Gasteiger partial charge < -0.3 is 23.3 Å². The van der Waals surface area contributed by atoms with Crippen molar-refractivity contribution in [2.24, 2.45) is 0 Å². The van der Waals surface area contributed by atoms with E-state index >= 15 is 0 Å². The average Bonchev–Trinajstić information content (AvgIpc) is 2.92. The van der Waals surface area contributed by atoms with E-state index < -0.39 is 16.2 Å². The minimum Gasteiger partial charge on any atom is -0.493 e. The normalized spacial score (nSPS) is 14.3. The zero-order chi connectivity index (χ0) is 30.1. The highest BCUT2D eigenvalue weighted by Crippen LogP contribution is 2.39. The molecule has 41 heavy (non-hydrogen) atoms. The van der Waals surface area contributed by atoms with Gasteiger partial charge in [-0.25, -0.2) is 9.78 Å². The summed E-state index contributed by atoms with van der Waals surface area (Å²) >= 11 is 0. The minimum absolute atomic E-state index is 0.0704. The van der Waals surface area contributed by atoms with Crippen molar-refractivity contribution in [3.05, 3.63) is 46.8 Å². The predicted molar refractivity (Wildman–Crippen MR) is 156 cm³/mol. The number of carbonyl (C=O) groups excluding carboxylic acids is 1. The molecule has 1 fully saturated rings. The summed E-state index contributed by atoms with van der Waals surface area (Å²) in [5.41, 5.74) is 2.83. The van der Waals surface area contributed by atoms with Crippen molar-refractivity contribution in [2.75, 3.05) is 33.4 Å². The summed E-state index contributed by atoms with van der Waals surface area (Å²) in [4.78, 5) is 23.3. The molecular formula is C30H39N3O7S. The molecule has 2 aromatic carbocycles. The number of nitrogens with zero attached hydrogens (tertiary/aromatic N) is 3. The molecule has 10 nitrogen and oxygen atoms in total. The van der Waals surface area contributed by atoms with E-state index in [9.17, 15) is 13.2 Å². The van der Waals surface area contributed by atoms with Crippen LogP contribution in [0.25, 0.3) is 10.9 Å². The highest BCUT2D eigenvalue weighted by molar-refractivity contribution is 7.87. The molecule has 4 rings (SSSR count). The topological polar surface area (TPSA) is 117 Å². The van der Waals surface area contributed by atoms with Gasteiger partial charge >= 0.3 is 16.2 Å². The number of rotatable bonds is 8. The first kappa shape index (κ1) is 30.5. The Balaban J connectivity index is 1.83. The van der Waals surface area contributed by atoms with Crippen LogP contribution in [-0.2, 0) is 14.9 Å². The van der Waals surface area contributed by atoms with Crippen LogP contribution in [-0.4, -0.2) is 62.8 Å². The third-order valence-corrected chi connectivity index (χ3v) is 8.39. The van der Waals surface area contributed by atoms with Crippen molar-refractivity contribution < 1.29 is 31.6 Å². The fourth-order valence-corrected chi connectivity index (χ4v) is 6.34. The van der Waals surface area contributed by atoms with Crippen molar-refractivity contribution in [1.29, 1.82) is 0 Å². The highest BCUT2D eigenvalue weighted by atomic mass is 32.2. The molecule has 0 bridgehead atoms. The number of fused-ring (bicyclic) bond motifs is 1. The molecule has 0 saturated carbocycles. The third-order valence-electron chi connectivity index (χ3n) is 7.04. The summed E-state index contributed by atoms with van der Waals surface area (Å²) in [5.74, 6) is 0.600. The van der Waals surface area contributed by atoms with Crippen LogP contribution < -0.4 is 13.7 Å². The van der Waals surface area contributed by atoms with E-state index in [1.54, 1.807) is 13.0 Å². The van der Waals surface area contributed by atoms with Crippen LogP contribution in [0, 0.1) is 6.92 Å². The van der Waals surface area contributed by atoms with E-state index in [-0.39, 0.29) is 45.4 Å². The van der Waals surface area contributed by atoms with Gasteiger partial charge in [0, 0.05) is 19.2 Å². The number of hydrogen-bond acceptors (Lipinski definition) is 9. The first-order valence-electron chi connectivity index (χ1n) is 13.9. The summed E-state index contributed by atoms with van der Waals surface area (Å²) in [5, 5.41) is 0.265. The van der Waals surface area contributed by atoms with Crippen molar-refractivity contribution in [1.82, 2.24) is 14.9 Å². The van der Waals surface area contributed by atoms with Gasteiger partial charge in [-0.1, -0.05) is 53.7 Å². The Morgan fingerprint density at radius 3 is 2.05 bits per heavy atom. The molecule has 0 aliphatic carbocycles. The average molecular weight is 586 g/mol. The monoisotopic (exact) mass is 585 g/mol. The van der Waals surface area contributed by atoms with Crippen molar-refractivity contribution in [2.45, 2.75) is 71.1 Å². The van der Waals surface area contributed by atoms with Gasteiger partial charge in [0.05, 0.1) is 31.2 Å². The molecule has 0 unspecified atom stereocenters. The Labute approximate surface area is 242 Å². The van der Waals surface area contributed by atoms with Gasteiger partial charge in [-0.05, 0) is 47.4 Å². The lowest BCUT2D eigenvalue weighted by Crippen LogP contribution is -2.42. The smallest absolute Gasteiger partial charge is 0.415 e. The summed E-state index contributed by atoms with van der Waals surface area (Å²) in [6, 6.07) is 6.96. The predicted octanol–water partition coefficient (Wildman–Crippen LogP) is 5.92. The van der Waals surface area contributed by atoms with Gasteiger partial charge in [0.25, 0.3) is 0 Å². The van der Waals surface area contributed by atoms with Crippen LogP contribution in [0.5, 0.6) is 17.4 Å². The molecule has 2 heterocycles. The molecule has 1 aliphatic heterocycles. The number of ether oxygens (including phenoxy) is 3. The summed E-state index contributed by atoms with van der Waals surface area (Å²) in [6.45, 7) is 15.3. The number of hydrogen-bond donors (Lipinski definition) is 0. The van der Waals surface area contributed by atoms with Crippen LogP contribution >= 0.6 is 0 Å². The fourth-order valence-electron chi connectivity index (χ4n) is 4.75. The van der Waals surface area contributed by atoms with Crippen LogP contribution in [0.1, 0.15) is 81.8 Å². The summed E-state index contributed by atoms with van der Waals surface area (Å²) < 4.78 is 50.4. The maximum atomic E-state index is 14.1. The number of methoxy groups -OCH3 is 1. The molecule has 0 atom stereocenters. The molecule has 222 valence electrons. The number of morpholine rings is 1. The Morgan fingerprint density at radius 2 is 1.51 bits per heavy atom. The fraction of sp³-hybridized carbons (Fsp3) is 0.500. The number of aryl methyl sites for hydroxylation is 1. The first-order chi connectivity index (χ1) is 19.3. The summed E-state index contributed by atoms with van der Waals surface area (Å²) in [6.07, 6.45) is -0.567. The van der Waals surface area contributed by atoms with Crippen LogP contribution in [0.15, 0.2) is 29.2 Å². The second-order valence-corrected chi connectivity index (χ2v) is 12.6. The molecule has 1 saturated heterocycles. The van der Waals surface area contributed by atoms with E-state index in [1.165, 1.54) is 18.1 Å².